The summed E-state index contributed by atoms with van der Waals surface area (Å²) in [4.78, 5) is 15.9. The Balaban J connectivity index is 1.17. The summed E-state index contributed by atoms with van der Waals surface area (Å²) in [6.07, 6.45) is 15.1. The first-order valence-electron chi connectivity index (χ1n) is 16.7. The van der Waals surface area contributed by atoms with Gasteiger partial charge in [0.1, 0.15) is 0 Å². The van der Waals surface area contributed by atoms with Crippen LogP contribution in [0.25, 0.3) is 0 Å². The van der Waals surface area contributed by atoms with Gasteiger partial charge >= 0.3 is 0 Å². The Bertz CT molecular complexity index is 1090. The summed E-state index contributed by atoms with van der Waals surface area (Å²) in [7, 11) is 0. The smallest absolute Gasteiger partial charge is 0.250 e. The highest BCUT2D eigenvalue weighted by molar-refractivity contribution is 5.97. The summed E-state index contributed by atoms with van der Waals surface area (Å²) in [6.45, 7) is 15.8. The number of carbonyl (C=O) groups is 1. The molecule has 0 saturated heterocycles. The van der Waals surface area contributed by atoms with Gasteiger partial charge in [-0.3, -0.25) is 4.79 Å². The van der Waals surface area contributed by atoms with Crippen molar-refractivity contribution in [2.75, 3.05) is 6.54 Å². The standard InChI is InChI=1S/C37H55NO/c1-24(2)11-10-12-25(3)32-17-18-33-30-16-15-29-21-31-28(22-37(29,6)34(30)19-20-36(32,33)5)23-38(35(31)39)26(4)27-13-8-7-9-14-27/h7-9,13-14,24-26,29-30,32-34H,10-12,15-23H2,1-6H3/t25-,26+,29+,30+,32-,33+,34+,36-,37+/m1/s1. The molecule has 0 unspecified atom stereocenters. The van der Waals surface area contributed by atoms with Crippen LogP contribution in [0.3, 0.4) is 0 Å². The van der Waals surface area contributed by atoms with Crippen LogP contribution in [-0.4, -0.2) is 17.4 Å². The maximum atomic E-state index is 13.7. The molecule has 3 fully saturated rings. The van der Waals surface area contributed by atoms with Crippen molar-refractivity contribution in [1.29, 1.82) is 0 Å². The molecule has 0 bridgehead atoms. The first-order valence-corrected chi connectivity index (χ1v) is 16.7. The fourth-order valence-corrected chi connectivity index (χ4v) is 11.2. The third kappa shape index (κ3) is 4.55. The summed E-state index contributed by atoms with van der Waals surface area (Å²) in [5.41, 5.74) is 4.91. The molecule has 39 heavy (non-hydrogen) atoms. The SMILES string of the molecule is CC(C)CCC[C@@H](C)[C@H]1CC[C@H]2[C@@H]3CC[C@H]4CC5=C(CN([C@@H](C)c6ccccc6)C5=O)C[C@]4(C)[C@H]3CC[C@]12C. The molecule has 0 radical (unpaired) electrons. The molecule has 214 valence electrons. The van der Waals surface area contributed by atoms with Crippen molar-refractivity contribution in [1.82, 2.24) is 4.90 Å². The molecule has 1 heterocycles. The zero-order valence-corrected chi connectivity index (χ0v) is 25.8. The van der Waals surface area contributed by atoms with E-state index in [9.17, 15) is 4.79 Å². The Labute approximate surface area is 239 Å². The fraction of sp³-hybridized carbons (Fsp3) is 0.757. The molecule has 1 amide bonds. The van der Waals surface area contributed by atoms with Gasteiger partial charge in [-0.1, -0.05) is 84.2 Å². The highest BCUT2D eigenvalue weighted by atomic mass is 16.2. The average molecular weight is 530 g/mol. The number of fused-ring (bicyclic) bond motifs is 5. The van der Waals surface area contributed by atoms with E-state index in [1.807, 2.05) is 0 Å². The van der Waals surface area contributed by atoms with Crippen LogP contribution in [-0.2, 0) is 4.79 Å². The number of hydrogen-bond donors (Lipinski definition) is 0. The van der Waals surface area contributed by atoms with E-state index in [1.165, 1.54) is 80.9 Å². The molecule has 0 spiro atoms. The van der Waals surface area contributed by atoms with Gasteiger partial charge in [-0.2, -0.15) is 0 Å². The largest absolute Gasteiger partial charge is 0.328 e. The molecule has 2 heteroatoms. The summed E-state index contributed by atoms with van der Waals surface area (Å²) >= 11 is 0. The monoisotopic (exact) mass is 529 g/mol. The third-order valence-corrected chi connectivity index (χ3v) is 13.4. The number of carbonyl (C=O) groups excluding carboxylic acids is 1. The van der Waals surface area contributed by atoms with Crippen LogP contribution in [0.5, 0.6) is 0 Å². The second-order valence-corrected chi connectivity index (χ2v) is 15.7. The van der Waals surface area contributed by atoms with Gasteiger partial charge in [0.05, 0.1) is 6.04 Å². The molecule has 0 aromatic heterocycles. The maximum absolute atomic E-state index is 13.7. The average Bonchev–Trinajstić information content (AvgIpc) is 3.43. The topological polar surface area (TPSA) is 20.3 Å². The lowest BCUT2D eigenvalue weighted by Gasteiger charge is -2.60. The van der Waals surface area contributed by atoms with Crippen molar-refractivity contribution >= 4 is 5.91 Å². The predicted molar refractivity (Wildman–Crippen MR) is 162 cm³/mol. The van der Waals surface area contributed by atoms with E-state index in [2.05, 4.69) is 76.8 Å². The van der Waals surface area contributed by atoms with Crippen LogP contribution in [0.15, 0.2) is 41.5 Å². The molecule has 6 rings (SSSR count). The van der Waals surface area contributed by atoms with E-state index in [0.717, 1.165) is 48.5 Å². The Morgan fingerprint density at radius 3 is 2.38 bits per heavy atom. The summed E-state index contributed by atoms with van der Waals surface area (Å²) in [5.74, 6) is 6.39. The van der Waals surface area contributed by atoms with Crippen molar-refractivity contribution < 1.29 is 4.79 Å². The molecule has 1 aromatic rings. The Hall–Kier alpha value is -1.57. The Morgan fingerprint density at radius 2 is 1.64 bits per heavy atom. The molecule has 9 atom stereocenters. The number of hydrogen-bond acceptors (Lipinski definition) is 1. The minimum Gasteiger partial charge on any atom is -0.328 e. The van der Waals surface area contributed by atoms with Gasteiger partial charge in [-0.15, -0.1) is 0 Å². The van der Waals surface area contributed by atoms with Gasteiger partial charge in [0.25, 0.3) is 5.91 Å². The van der Waals surface area contributed by atoms with E-state index < -0.39 is 0 Å². The van der Waals surface area contributed by atoms with Gasteiger partial charge in [0, 0.05) is 12.1 Å². The normalized spacial score (nSPS) is 39.3. The van der Waals surface area contributed by atoms with Crippen molar-refractivity contribution in [3.8, 4) is 0 Å². The molecule has 2 nitrogen and oxygen atoms in total. The van der Waals surface area contributed by atoms with Gasteiger partial charge in [0.15, 0.2) is 0 Å². The van der Waals surface area contributed by atoms with Gasteiger partial charge in [-0.05, 0) is 122 Å². The minimum atomic E-state index is 0.153. The molecular weight excluding hydrogens is 474 g/mol. The van der Waals surface area contributed by atoms with Gasteiger partial charge in [-0.25, -0.2) is 0 Å². The van der Waals surface area contributed by atoms with Crippen LogP contribution >= 0.6 is 0 Å². The Kier molecular flexibility index (Phi) is 7.33. The molecule has 0 N–H and O–H groups in total. The Morgan fingerprint density at radius 1 is 0.897 bits per heavy atom. The summed E-state index contributed by atoms with van der Waals surface area (Å²) in [5, 5.41) is 0. The lowest BCUT2D eigenvalue weighted by Crippen LogP contribution is -2.53. The van der Waals surface area contributed by atoms with Gasteiger partial charge < -0.3 is 4.90 Å². The van der Waals surface area contributed by atoms with Gasteiger partial charge in [0.2, 0.25) is 0 Å². The van der Waals surface area contributed by atoms with Crippen molar-refractivity contribution in [2.24, 2.45) is 52.3 Å². The lowest BCUT2D eigenvalue weighted by molar-refractivity contribution is -0.128. The molecule has 5 aliphatic rings. The van der Waals surface area contributed by atoms with E-state index in [0.29, 0.717) is 22.7 Å². The highest BCUT2D eigenvalue weighted by Crippen LogP contribution is 2.69. The second-order valence-electron chi connectivity index (χ2n) is 15.7. The number of benzene rings is 1. The number of amides is 1. The maximum Gasteiger partial charge on any atom is 0.250 e. The van der Waals surface area contributed by atoms with E-state index in [1.54, 1.807) is 0 Å². The third-order valence-electron chi connectivity index (χ3n) is 13.4. The van der Waals surface area contributed by atoms with Crippen molar-refractivity contribution in [3.05, 3.63) is 47.0 Å². The van der Waals surface area contributed by atoms with Crippen LogP contribution in [0.1, 0.15) is 124 Å². The minimum absolute atomic E-state index is 0.153. The molecule has 1 aliphatic heterocycles. The zero-order chi connectivity index (χ0) is 27.5. The van der Waals surface area contributed by atoms with E-state index in [4.69, 9.17) is 0 Å². The van der Waals surface area contributed by atoms with E-state index in [-0.39, 0.29) is 6.04 Å². The van der Waals surface area contributed by atoms with Crippen molar-refractivity contribution in [3.63, 3.8) is 0 Å². The molecule has 3 saturated carbocycles. The fourth-order valence-electron chi connectivity index (χ4n) is 11.2. The quantitative estimate of drug-likeness (QED) is 0.344. The van der Waals surface area contributed by atoms with Crippen LogP contribution in [0.2, 0.25) is 0 Å². The molecule has 4 aliphatic carbocycles. The van der Waals surface area contributed by atoms with Crippen molar-refractivity contribution in [2.45, 2.75) is 118 Å². The zero-order valence-electron chi connectivity index (χ0n) is 25.8. The summed E-state index contributed by atoms with van der Waals surface area (Å²) < 4.78 is 0. The first-order chi connectivity index (χ1) is 18.6. The van der Waals surface area contributed by atoms with E-state index >= 15 is 0 Å². The van der Waals surface area contributed by atoms with Crippen LogP contribution in [0.4, 0.5) is 0 Å². The number of nitrogens with zero attached hydrogens (tertiary/aromatic N) is 1. The van der Waals surface area contributed by atoms with Crippen LogP contribution in [0, 0.1) is 52.3 Å². The molecule has 1 aromatic carbocycles. The van der Waals surface area contributed by atoms with Crippen LogP contribution < -0.4 is 0 Å². The lowest BCUT2D eigenvalue weighted by atomic mass is 9.44. The molecular formula is C37H55NO. The second kappa shape index (κ2) is 10.4. The predicted octanol–water partition coefficient (Wildman–Crippen LogP) is 9.62. The first kappa shape index (κ1) is 27.6. The number of rotatable bonds is 7. The summed E-state index contributed by atoms with van der Waals surface area (Å²) in [6, 6.07) is 10.8. The highest BCUT2D eigenvalue weighted by Gasteiger charge is 2.61.